The third kappa shape index (κ3) is 6.93. The third-order valence-electron chi connectivity index (χ3n) is 5.74. The Morgan fingerprint density at radius 3 is 2.69 bits per heavy atom. The molecule has 0 bridgehead atoms. The number of likely N-dealkylation sites (tertiary alicyclic amines) is 1. The summed E-state index contributed by atoms with van der Waals surface area (Å²) in [4.78, 5) is 9.90. The van der Waals surface area contributed by atoms with Crippen LogP contribution in [0.4, 0.5) is 0 Å². The van der Waals surface area contributed by atoms with Crippen LogP contribution in [0.1, 0.15) is 31.6 Å². The maximum absolute atomic E-state index is 5.46. The predicted molar refractivity (Wildman–Crippen MR) is 120 cm³/mol. The molecule has 1 saturated heterocycles. The van der Waals surface area contributed by atoms with E-state index >= 15 is 0 Å². The fourth-order valence-corrected chi connectivity index (χ4v) is 3.98. The molecular formula is C24H36N4O. The number of nitrogens with zero attached hydrogens (tertiary/aromatic N) is 3. The first-order valence-electron chi connectivity index (χ1n) is 11.1. The summed E-state index contributed by atoms with van der Waals surface area (Å²) in [5.41, 5.74) is 1.36. The van der Waals surface area contributed by atoms with E-state index in [0.717, 1.165) is 69.7 Å². The highest BCUT2D eigenvalue weighted by atomic mass is 16.3. The highest BCUT2D eigenvalue weighted by Gasteiger charge is 2.26. The van der Waals surface area contributed by atoms with Gasteiger partial charge in [-0.05, 0) is 49.5 Å². The summed E-state index contributed by atoms with van der Waals surface area (Å²) < 4.78 is 5.46. The lowest BCUT2D eigenvalue weighted by atomic mass is 10.1. The lowest BCUT2D eigenvalue weighted by Crippen LogP contribution is -2.42. The van der Waals surface area contributed by atoms with Crippen molar-refractivity contribution in [2.45, 2.75) is 33.1 Å². The fourth-order valence-electron chi connectivity index (χ4n) is 3.98. The van der Waals surface area contributed by atoms with Crippen molar-refractivity contribution in [1.82, 2.24) is 15.1 Å². The minimum Gasteiger partial charge on any atom is -0.469 e. The monoisotopic (exact) mass is 396 g/mol. The van der Waals surface area contributed by atoms with Crippen molar-refractivity contribution in [2.75, 3.05) is 45.8 Å². The van der Waals surface area contributed by atoms with Crippen LogP contribution in [0.5, 0.6) is 0 Å². The van der Waals surface area contributed by atoms with Crippen molar-refractivity contribution < 1.29 is 4.42 Å². The molecule has 5 heteroatoms. The van der Waals surface area contributed by atoms with E-state index in [9.17, 15) is 0 Å². The summed E-state index contributed by atoms with van der Waals surface area (Å²) in [6.45, 7) is 11.8. The van der Waals surface area contributed by atoms with Gasteiger partial charge in [-0.1, -0.05) is 44.2 Å². The largest absolute Gasteiger partial charge is 0.469 e. The van der Waals surface area contributed by atoms with Crippen LogP contribution >= 0.6 is 0 Å². The summed E-state index contributed by atoms with van der Waals surface area (Å²) in [7, 11) is 0. The van der Waals surface area contributed by atoms with Crippen LogP contribution in [0.15, 0.2) is 58.1 Å². The van der Waals surface area contributed by atoms with Gasteiger partial charge in [-0.25, -0.2) is 0 Å². The molecule has 5 nitrogen and oxygen atoms in total. The average Bonchev–Trinajstić information content (AvgIpc) is 3.44. The van der Waals surface area contributed by atoms with Crippen molar-refractivity contribution in [1.29, 1.82) is 0 Å². The van der Waals surface area contributed by atoms with Gasteiger partial charge < -0.3 is 19.5 Å². The summed E-state index contributed by atoms with van der Waals surface area (Å²) >= 11 is 0. The van der Waals surface area contributed by atoms with Crippen molar-refractivity contribution in [3.8, 4) is 0 Å². The Morgan fingerprint density at radius 1 is 1.14 bits per heavy atom. The fraction of sp³-hybridized carbons (Fsp3) is 0.542. The van der Waals surface area contributed by atoms with E-state index in [2.05, 4.69) is 59.3 Å². The summed E-state index contributed by atoms with van der Waals surface area (Å²) in [6.07, 6.45) is 4.83. The van der Waals surface area contributed by atoms with E-state index in [1.807, 2.05) is 12.1 Å². The standard InChI is InChI=1S/C24H36N4O/c1-3-27(4-2)19-22-14-17-28(20-22)24(26-16-13-23-11-8-18-29-23)25-15-12-21-9-6-5-7-10-21/h5-11,18,22H,3-4,12-17,19-20H2,1-2H3,(H,25,26). The van der Waals surface area contributed by atoms with Crippen LogP contribution in [0.25, 0.3) is 0 Å². The van der Waals surface area contributed by atoms with Gasteiger partial charge in [0.15, 0.2) is 5.96 Å². The van der Waals surface area contributed by atoms with Crippen LogP contribution in [0.2, 0.25) is 0 Å². The average molecular weight is 397 g/mol. The first-order valence-corrected chi connectivity index (χ1v) is 11.1. The Bertz CT molecular complexity index is 710. The Kier molecular flexibility index (Phi) is 8.62. The smallest absolute Gasteiger partial charge is 0.193 e. The molecule has 2 aromatic rings. The zero-order valence-corrected chi connectivity index (χ0v) is 18.0. The van der Waals surface area contributed by atoms with Gasteiger partial charge in [-0.15, -0.1) is 0 Å². The minimum atomic E-state index is 0.723. The van der Waals surface area contributed by atoms with Crippen molar-refractivity contribution in [3.63, 3.8) is 0 Å². The van der Waals surface area contributed by atoms with E-state index in [1.165, 1.54) is 18.5 Å². The number of nitrogens with one attached hydrogen (secondary N) is 1. The molecule has 0 saturated carbocycles. The molecule has 0 aliphatic carbocycles. The Labute approximate surface area is 175 Å². The lowest BCUT2D eigenvalue weighted by molar-refractivity contribution is 0.255. The van der Waals surface area contributed by atoms with Crippen LogP contribution in [-0.4, -0.2) is 61.6 Å². The molecule has 158 valence electrons. The van der Waals surface area contributed by atoms with Crippen LogP contribution in [-0.2, 0) is 12.8 Å². The maximum Gasteiger partial charge on any atom is 0.193 e. The van der Waals surface area contributed by atoms with Gasteiger partial charge in [0.25, 0.3) is 0 Å². The quantitative estimate of drug-likeness (QED) is 0.492. The molecule has 1 aromatic heterocycles. The minimum absolute atomic E-state index is 0.723. The van der Waals surface area contributed by atoms with E-state index in [-0.39, 0.29) is 0 Å². The maximum atomic E-state index is 5.46. The molecule has 1 aliphatic rings. The van der Waals surface area contributed by atoms with Gasteiger partial charge in [0.1, 0.15) is 5.76 Å². The number of benzene rings is 1. The third-order valence-corrected chi connectivity index (χ3v) is 5.74. The van der Waals surface area contributed by atoms with Gasteiger partial charge in [-0.3, -0.25) is 4.99 Å². The highest BCUT2D eigenvalue weighted by molar-refractivity contribution is 5.80. The SMILES string of the molecule is CCN(CC)CC1CCN(C(=NCCc2ccco2)NCCc2ccccc2)C1. The van der Waals surface area contributed by atoms with Gasteiger partial charge in [-0.2, -0.15) is 0 Å². The van der Waals surface area contributed by atoms with E-state index < -0.39 is 0 Å². The van der Waals surface area contributed by atoms with E-state index in [4.69, 9.17) is 9.41 Å². The van der Waals surface area contributed by atoms with Gasteiger partial charge >= 0.3 is 0 Å². The zero-order valence-electron chi connectivity index (χ0n) is 18.0. The van der Waals surface area contributed by atoms with Gasteiger partial charge in [0.2, 0.25) is 0 Å². The molecule has 1 aromatic carbocycles. The van der Waals surface area contributed by atoms with Crippen molar-refractivity contribution in [3.05, 3.63) is 60.1 Å². The number of guanidine groups is 1. The molecule has 1 fully saturated rings. The second-order valence-electron chi connectivity index (χ2n) is 7.78. The molecule has 1 aliphatic heterocycles. The number of hydrogen-bond acceptors (Lipinski definition) is 3. The molecule has 1 atom stereocenters. The van der Waals surface area contributed by atoms with Crippen LogP contribution in [0.3, 0.4) is 0 Å². The Hall–Kier alpha value is -2.27. The second kappa shape index (κ2) is 11.7. The van der Waals surface area contributed by atoms with Gasteiger partial charge in [0, 0.05) is 39.1 Å². The Morgan fingerprint density at radius 2 is 1.97 bits per heavy atom. The van der Waals surface area contributed by atoms with Crippen molar-refractivity contribution in [2.24, 2.45) is 10.9 Å². The molecule has 3 rings (SSSR count). The zero-order chi connectivity index (χ0) is 20.3. The first kappa shape index (κ1) is 21.4. The molecule has 0 spiro atoms. The van der Waals surface area contributed by atoms with E-state index in [0.29, 0.717) is 0 Å². The second-order valence-corrected chi connectivity index (χ2v) is 7.78. The predicted octanol–water partition coefficient (Wildman–Crippen LogP) is 3.67. The molecule has 1 unspecified atom stereocenters. The van der Waals surface area contributed by atoms with Crippen LogP contribution in [0, 0.1) is 5.92 Å². The number of furan rings is 1. The van der Waals surface area contributed by atoms with Crippen LogP contribution < -0.4 is 5.32 Å². The summed E-state index contributed by atoms with van der Waals surface area (Å²) in [6, 6.07) is 14.6. The van der Waals surface area contributed by atoms with Gasteiger partial charge in [0.05, 0.1) is 6.26 Å². The first-order chi connectivity index (χ1) is 14.3. The number of rotatable bonds is 10. The molecule has 2 heterocycles. The Balaban J connectivity index is 1.56. The highest BCUT2D eigenvalue weighted by Crippen LogP contribution is 2.18. The number of aliphatic imine (C=N–C) groups is 1. The normalized spacial score (nSPS) is 17.3. The molecule has 1 N–H and O–H groups in total. The topological polar surface area (TPSA) is 44.0 Å². The molecule has 0 amide bonds. The molecule has 29 heavy (non-hydrogen) atoms. The summed E-state index contributed by atoms with van der Waals surface area (Å²) in [5, 5.41) is 3.62. The van der Waals surface area contributed by atoms with Crippen molar-refractivity contribution >= 4 is 5.96 Å². The molecular weight excluding hydrogens is 360 g/mol. The molecule has 0 radical (unpaired) electrons. The van der Waals surface area contributed by atoms with E-state index in [1.54, 1.807) is 6.26 Å². The summed E-state index contributed by atoms with van der Waals surface area (Å²) in [5.74, 6) is 2.77. The lowest BCUT2D eigenvalue weighted by Gasteiger charge is -2.24. The number of hydrogen-bond donors (Lipinski definition) is 1.